The number of pyridine rings is 1. The molecular weight excluding hydrogens is 380 g/mol. The first kappa shape index (κ1) is 20.6. The van der Waals surface area contributed by atoms with E-state index in [-0.39, 0.29) is 23.8 Å². The highest BCUT2D eigenvalue weighted by atomic mass is 32.2. The van der Waals surface area contributed by atoms with Crippen molar-refractivity contribution in [3.63, 3.8) is 0 Å². The van der Waals surface area contributed by atoms with Gasteiger partial charge in [-0.3, -0.25) is 0 Å². The number of fused-ring (bicyclic) bond motifs is 1. The molecule has 1 aliphatic rings. The highest BCUT2D eigenvalue weighted by Gasteiger charge is 2.27. The van der Waals surface area contributed by atoms with Gasteiger partial charge >= 0.3 is 5.97 Å². The van der Waals surface area contributed by atoms with E-state index < -0.39 is 16.0 Å². The molecule has 1 aliphatic carbocycles. The van der Waals surface area contributed by atoms with Gasteiger partial charge in [-0.05, 0) is 58.6 Å². The minimum absolute atomic E-state index is 0.158. The van der Waals surface area contributed by atoms with E-state index in [9.17, 15) is 13.2 Å². The maximum absolute atomic E-state index is 12.5. The molecule has 1 saturated carbocycles. The SMILES string of the molecule is CNS(=O)(=O)CC1CCC(Nc2c(C(=O)OC(C)C)cnc3[nH]ccc23)CC1. The van der Waals surface area contributed by atoms with Crippen molar-refractivity contribution in [1.82, 2.24) is 14.7 Å². The molecular formula is C19H28N4O4S. The Morgan fingerprint density at radius 1 is 1.32 bits per heavy atom. The van der Waals surface area contributed by atoms with Crippen molar-refractivity contribution in [1.29, 1.82) is 0 Å². The number of hydrogen-bond acceptors (Lipinski definition) is 6. The average Bonchev–Trinajstić information content (AvgIpc) is 3.12. The van der Waals surface area contributed by atoms with E-state index in [2.05, 4.69) is 20.0 Å². The third-order valence-electron chi connectivity index (χ3n) is 5.11. The van der Waals surface area contributed by atoms with Gasteiger partial charge in [-0.1, -0.05) is 0 Å². The Labute approximate surface area is 165 Å². The van der Waals surface area contributed by atoms with Gasteiger partial charge in [0.05, 0.1) is 17.5 Å². The molecule has 3 rings (SSSR count). The van der Waals surface area contributed by atoms with Gasteiger partial charge in [-0.2, -0.15) is 0 Å². The number of nitrogens with zero attached hydrogens (tertiary/aromatic N) is 1. The van der Waals surface area contributed by atoms with Crippen molar-refractivity contribution in [3.05, 3.63) is 24.0 Å². The second-order valence-electron chi connectivity index (χ2n) is 7.59. The minimum atomic E-state index is -3.19. The molecule has 0 aliphatic heterocycles. The van der Waals surface area contributed by atoms with Gasteiger partial charge in [0.1, 0.15) is 11.2 Å². The Morgan fingerprint density at radius 2 is 2.04 bits per heavy atom. The van der Waals surface area contributed by atoms with Crippen LogP contribution >= 0.6 is 0 Å². The predicted octanol–water partition coefficient (Wildman–Crippen LogP) is 2.65. The van der Waals surface area contributed by atoms with Crippen molar-refractivity contribution in [3.8, 4) is 0 Å². The Morgan fingerprint density at radius 3 is 2.68 bits per heavy atom. The standard InChI is InChI=1S/C19H28N4O4S/c1-12(2)27-19(24)16-10-22-18-15(8-9-21-18)17(16)23-14-6-4-13(5-7-14)11-28(25,26)20-3/h8-10,12-14,20H,4-7,11H2,1-3H3,(H2,21,22,23). The molecule has 0 unspecified atom stereocenters. The number of ether oxygens (including phenoxy) is 1. The molecule has 154 valence electrons. The Bertz CT molecular complexity index is 931. The first-order chi connectivity index (χ1) is 13.3. The summed E-state index contributed by atoms with van der Waals surface area (Å²) in [5, 5.41) is 4.35. The fourth-order valence-corrected chi connectivity index (χ4v) is 4.79. The van der Waals surface area contributed by atoms with E-state index in [1.54, 1.807) is 6.20 Å². The fraction of sp³-hybridized carbons (Fsp3) is 0.579. The van der Waals surface area contributed by atoms with E-state index in [0.717, 1.165) is 36.8 Å². The van der Waals surface area contributed by atoms with Crippen LogP contribution < -0.4 is 10.0 Å². The molecule has 2 aromatic heterocycles. The number of anilines is 1. The summed E-state index contributed by atoms with van der Waals surface area (Å²) in [6, 6.07) is 2.06. The fourth-order valence-electron chi connectivity index (χ4n) is 3.67. The molecule has 0 saturated heterocycles. The summed E-state index contributed by atoms with van der Waals surface area (Å²) in [6.07, 6.45) is 6.45. The lowest BCUT2D eigenvalue weighted by atomic mass is 9.87. The van der Waals surface area contributed by atoms with E-state index in [4.69, 9.17) is 4.74 Å². The smallest absolute Gasteiger partial charge is 0.342 e. The number of carbonyl (C=O) groups excluding carboxylic acids is 1. The second-order valence-corrected chi connectivity index (χ2v) is 9.56. The van der Waals surface area contributed by atoms with Gasteiger partial charge in [0, 0.05) is 23.8 Å². The molecule has 0 spiro atoms. The average molecular weight is 409 g/mol. The summed E-state index contributed by atoms with van der Waals surface area (Å²) in [5.74, 6) is -0.0769. The van der Waals surface area contributed by atoms with Crippen molar-refractivity contribution in [2.24, 2.45) is 5.92 Å². The first-order valence-electron chi connectivity index (χ1n) is 9.64. The van der Waals surface area contributed by atoms with Crippen LogP contribution in [-0.2, 0) is 14.8 Å². The summed E-state index contributed by atoms with van der Waals surface area (Å²) < 4.78 is 31.3. The number of sulfonamides is 1. The number of rotatable bonds is 7. The van der Waals surface area contributed by atoms with E-state index in [0.29, 0.717) is 11.2 Å². The molecule has 0 bridgehead atoms. The molecule has 0 amide bonds. The number of carbonyl (C=O) groups is 1. The number of aromatic nitrogens is 2. The maximum Gasteiger partial charge on any atom is 0.342 e. The zero-order chi connectivity index (χ0) is 20.3. The molecule has 9 heteroatoms. The molecule has 0 atom stereocenters. The molecule has 0 radical (unpaired) electrons. The quantitative estimate of drug-likeness (QED) is 0.607. The van der Waals surface area contributed by atoms with Crippen LogP contribution in [0.2, 0.25) is 0 Å². The summed E-state index contributed by atoms with van der Waals surface area (Å²) >= 11 is 0. The van der Waals surface area contributed by atoms with Crippen molar-refractivity contribution >= 4 is 32.7 Å². The lowest BCUT2D eigenvalue weighted by Gasteiger charge is -2.30. The Kier molecular flexibility index (Phi) is 6.24. The normalized spacial score (nSPS) is 20.4. The Balaban J connectivity index is 1.75. The predicted molar refractivity (Wildman–Crippen MR) is 109 cm³/mol. The van der Waals surface area contributed by atoms with Crippen LogP contribution in [0.3, 0.4) is 0 Å². The zero-order valence-electron chi connectivity index (χ0n) is 16.5. The molecule has 28 heavy (non-hydrogen) atoms. The number of hydrogen-bond donors (Lipinski definition) is 3. The lowest BCUT2D eigenvalue weighted by Crippen LogP contribution is -2.32. The lowest BCUT2D eigenvalue weighted by molar-refractivity contribution is 0.0378. The third kappa shape index (κ3) is 4.82. The third-order valence-corrected chi connectivity index (χ3v) is 6.64. The van der Waals surface area contributed by atoms with Gasteiger partial charge < -0.3 is 15.0 Å². The Hall–Kier alpha value is -2.13. The molecule has 8 nitrogen and oxygen atoms in total. The van der Waals surface area contributed by atoms with Crippen LogP contribution in [-0.4, -0.2) is 49.3 Å². The van der Waals surface area contributed by atoms with Crippen LogP contribution in [0, 0.1) is 5.92 Å². The summed E-state index contributed by atoms with van der Waals surface area (Å²) in [5.41, 5.74) is 1.85. The van der Waals surface area contributed by atoms with Gasteiger partial charge in [0.25, 0.3) is 0 Å². The molecule has 0 aromatic carbocycles. The van der Waals surface area contributed by atoms with E-state index >= 15 is 0 Å². The van der Waals surface area contributed by atoms with Crippen LogP contribution in [0.25, 0.3) is 11.0 Å². The summed E-state index contributed by atoms with van der Waals surface area (Å²) in [6.45, 7) is 3.63. The highest BCUT2D eigenvalue weighted by Crippen LogP contribution is 2.32. The first-order valence-corrected chi connectivity index (χ1v) is 11.3. The number of esters is 1. The summed E-state index contributed by atoms with van der Waals surface area (Å²) in [7, 11) is -1.74. The highest BCUT2D eigenvalue weighted by molar-refractivity contribution is 7.89. The molecule has 3 N–H and O–H groups in total. The summed E-state index contributed by atoms with van der Waals surface area (Å²) in [4.78, 5) is 19.9. The maximum atomic E-state index is 12.5. The number of aromatic amines is 1. The topological polar surface area (TPSA) is 113 Å². The van der Waals surface area contributed by atoms with Crippen molar-refractivity contribution in [2.75, 3.05) is 18.1 Å². The zero-order valence-corrected chi connectivity index (χ0v) is 17.3. The van der Waals surface area contributed by atoms with E-state index in [1.165, 1.54) is 13.2 Å². The van der Waals surface area contributed by atoms with Crippen LogP contribution in [0.1, 0.15) is 49.9 Å². The van der Waals surface area contributed by atoms with Gasteiger partial charge in [-0.25, -0.2) is 22.9 Å². The molecule has 2 heterocycles. The van der Waals surface area contributed by atoms with Crippen LogP contribution in [0.15, 0.2) is 18.5 Å². The van der Waals surface area contributed by atoms with Crippen LogP contribution in [0.5, 0.6) is 0 Å². The van der Waals surface area contributed by atoms with Crippen molar-refractivity contribution in [2.45, 2.75) is 51.7 Å². The van der Waals surface area contributed by atoms with E-state index in [1.807, 2.05) is 19.9 Å². The molecule has 1 fully saturated rings. The largest absolute Gasteiger partial charge is 0.459 e. The number of H-pyrrole nitrogens is 1. The van der Waals surface area contributed by atoms with Crippen LogP contribution in [0.4, 0.5) is 5.69 Å². The van der Waals surface area contributed by atoms with Gasteiger partial charge in [-0.15, -0.1) is 0 Å². The van der Waals surface area contributed by atoms with Crippen molar-refractivity contribution < 1.29 is 17.9 Å². The second kappa shape index (κ2) is 8.48. The molecule has 2 aromatic rings. The number of nitrogens with one attached hydrogen (secondary N) is 3. The van der Waals surface area contributed by atoms with Gasteiger partial charge in [0.2, 0.25) is 10.0 Å². The minimum Gasteiger partial charge on any atom is -0.459 e. The van der Waals surface area contributed by atoms with Gasteiger partial charge in [0.15, 0.2) is 0 Å². The monoisotopic (exact) mass is 408 g/mol.